The van der Waals surface area contributed by atoms with E-state index in [-0.39, 0.29) is 0 Å². The average molecular weight is 211 g/mol. The molecule has 1 aliphatic carbocycles. The second kappa shape index (κ2) is 4.84. The molecule has 2 rings (SSSR count). The molecule has 2 N–H and O–H groups in total. The van der Waals surface area contributed by atoms with Crippen molar-refractivity contribution in [3.8, 4) is 0 Å². The van der Waals surface area contributed by atoms with E-state index in [1.54, 1.807) is 0 Å². The van der Waals surface area contributed by atoms with Gasteiger partial charge < -0.3 is 10.5 Å². The molecular formula is C13H25NO. The van der Waals surface area contributed by atoms with Gasteiger partial charge in [0.1, 0.15) is 0 Å². The number of hydrogen-bond acceptors (Lipinski definition) is 2. The molecule has 4 unspecified atom stereocenters. The van der Waals surface area contributed by atoms with E-state index in [2.05, 4.69) is 13.8 Å². The summed E-state index contributed by atoms with van der Waals surface area (Å²) in [5.74, 6) is 3.11. The molecule has 2 aliphatic rings. The van der Waals surface area contributed by atoms with E-state index < -0.39 is 0 Å². The van der Waals surface area contributed by atoms with Crippen molar-refractivity contribution in [2.24, 2.45) is 29.4 Å². The molecule has 0 radical (unpaired) electrons. The minimum Gasteiger partial charge on any atom is -0.381 e. The molecule has 88 valence electrons. The Kier molecular flexibility index (Phi) is 3.68. The standard InChI is InChI=1S/C13H25NO/c1-9-5-10(2)7-12(6-9)13(14)11-3-4-15-8-11/h9-13H,3-8,14H2,1-2H3. The fourth-order valence-corrected chi connectivity index (χ4v) is 3.56. The Labute approximate surface area is 93.6 Å². The molecule has 0 spiro atoms. The zero-order valence-corrected chi connectivity index (χ0v) is 10.1. The lowest BCUT2D eigenvalue weighted by Crippen LogP contribution is -2.41. The molecule has 4 atom stereocenters. The number of ether oxygens (including phenoxy) is 1. The van der Waals surface area contributed by atoms with E-state index in [1.165, 1.54) is 25.7 Å². The van der Waals surface area contributed by atoms with Gasteiger partial charge >= 0.3 is 0 Å². The molecule has 0 aromatic rings. The van der Waals surface area contributed by atoms with Gasteiger partial charge in [-0.1, -0.05) is 13.8 Å². The minimum absolute atomic E-state index is 0.387. The van der Waals surface area contributed by atoms with E-state index in [0.717, 1.165) is 31.0 Å². The smallest absolute Gasteiger partial charge is 0.0510 e. The molecule has 0 amide bonds. The highest BCUT2D eigenvalue weighted by Gasteiger charge is 2.33. The van der Waals surface area contributed by atoms with Crippen molar-refractivity contribution in [1.29, 1.82) is 0 Å². The SMILES string of the molecule is CC1CC(C)CC(C(N)C2CCOC2)C1. The predicted molar refractivity (Wildman–Crippen MR) is 62.6 cm³/mol. The summed E-state index contributed by atoms with van der Waals surface area (Å²) in [6, 6.07) is 0.387. The minimum atomic E-state index is 0.387. The molecule has 1 saturated carbocycles. The van der Waals surface area contributed by atoms with Crippen LogP contribution in [-0.4, -0.2) is 19.3 Å². The van der Waals surface area contributed by atoms with Crippen molar-refractivity contribution in [2.75, 3.05) is 13.2 Å². The monoisotopic (exact) mass is 211 g/mol. The van der Waals surface area contributed by atoms with Crippen LogP contribution in [0.15, 0.2) is 0 Å². The van der Waals surface area contributed by atoms with Crippen LogP contribution >= 0.6 is 0 Å². The third-order valence-electron chi connectivity index (χ3n) is 4.27. The Morgan fingerprint density at radius 1 is 1.07 bits per heavy atom. The lowest BCUT2D eigenvalue weighted by Gasteiger charge is -2.36. The van der Waals surface area contributed by atoms with Crippen LogP contribution in [0.2, 0.25) is 0 Å². The van der Waals surface area contributed by atoms with Gasteiger partial charge in [0.25, 0.3) is 0 Å². The van der Waals surface area contributed by atoms with Gasteiger partial charge in [-0.05, 0) is 49.4 Å². The lowest BCUT2D eigenvalue weighted by atomic mass is 9.71. The highest BCUT2D eigenvalue weighted by molar-refractivity contribution is 4.87. The van der Waals surface area contributed by atoms with Crippen LogP contribution in [0, 0.1) is 23.7 Å². The Balaban J connectivity index is 1.90. The van der Waals surface area contributed by atoms with Crippen molar-refractivity contribution < 1.29 is 4.74 Å². The molecule has 15 heavy (non-hydrogen) atoms. The quantitative estimate of drug-likeness (QED) is 0.761. The van der Waals surface area contributed by atoms with Crippen LogP contribution in [0.25, 0.3) is 0 Å². The summed E-state index contributed by atoms with van der Waals surface area (Å²) in [6.07, 6.45) is 5.24. The molecule has 0 aromatic heterocycles. The van der Waals surface area contributed by atoms with Crippen molar-refractivity contribution >= 4 is 0 Å². The second-order valence-electron chi connectivity index (χ2n) is 5.88. The maximum absolute atomic E-state index is 6.40. The Morgan fingerprint density at radius 2 is 1.73 bits per heavy atom. The summed E-state index contributed by atoms with van der Waals surface area (Å²) in [7, 11) is 0. The maximum atomic E-state index is 6.40. The molecule has 0 aromatic carbocycles. The fraction of sp³-hybridized carbons (Fsp3) is 1.00. The van der Waals surface area contributed by atoms with Gasteiger partial charge in [-0.2, -0.15) is 0 Å². The van der Waals surface area contributed by atoms with Crippen LogP contribution < -0.4 is 5.73 Å². The highest BCUT2D eigenvalue weighted by atomic mass is 16.5. The molecule has 1 saturated heterocycles. The van der Waals surface area contributed by atoms with Crippen LogP contribution in [0.5, 0.6) is 0 Å². The first kappa shape index (κ1) is 11.4. The summed E-state index contributed by atoms with van der Waals surface area (Å²) in [4.78, 5) is 0. The van der Waals surface area contributed by atoms with Gasteiger partial charge in [-0.3, -0.25) is 0 Å². The Bertz CT molecular complexity index is 191. The van der Waals surface area contributed by atoms with E-state index in [4.69, 9.17) is 10.5 Å². The van der Waals surface area contributed by atoms with E-state index in [0.29, 0.717) is 12.0 Å². The molecular weight excluding hydrogens is 186 g/mol. The topological polar surface area (TPSA) is 35.2 Å². The summed E-state index contributed by atoms with van der Waals surface area (Å²) < 4.78 is 5.44. The maximum Gasteiger partial charge on any atom is 0.0510 e. The van der Waals surface area contributed by atoms with Crippen LogP contribution in [0.3, 0.4) is 0 Å². The van der Waals surface area contributed by atoms with Crippen LogP contribution in [0.1, 0.15) is 39.5 Å². The Hall–Kier alpha value is -0.0800. The van der Waals surface area contributed by atoms with Gasteiger partial charge in [-0.25, -0.2) is 0 Å². The summed E-state index contributed by atoms with van der Waals surface area (Å²) >= 11 is 0. The number of rotatable bonds is 2. The van der Waals surface area contributed by atoms with E-state index in [9.17, 15) is 0 Å². The molecule has 1 aliphatic heterocycles. The molecule has 2 heteroatoms. The number of nitrogens with two attached hydrogens (primary N) is 1. The van der Waals surface area contributed by atoms with Crippen LogP contribution in [0.4, 0.5) is 0 Å². The zero-order chi connectivity index (χ0) is 10.8. The molecule has 2 fully saturated rings. The average Bonchev–Trinajstić information content (AvgIpc) is 2.67. The third-order valence-corrected chi connectivity index (χ3v) is 4.27. The van der Waals surface area contributed by atoms with Gasteiger partial charge in [0.05, 0.1) is 6.61 Å². The predicted octanol–water partition coefficient (Wildman–Crippen LogP) is 2.42. The fourth-order valence-electron chi connectivity index (χ4n) is 3.56. The first-order chi connectivity index (χ1) is 7.16. The van der Waals surface area contributed by atoms with Crippen molar-refractivity contribution in [1.82, 2.24) is 0 Å². The largest absolute Gasteiger partial charge is 0.381 e. The van der Waals surface area contributed by atoms with Crippen LogP contribution in [-0.2, 0) is 4.74 Å². The first-order valence-corrected chi connectivity index (χ1v) is 6.50. The molecule has 0 bridgehead atoms. The number of hydrogen-bond donors (Lipinski definition) is 1. The van der Waals surface area contributed by atoms with Gasteiger partial charge in [0.15, 0.2) is 0 Å². The summed E-state index contributed by atoms with van der Waals surface area (Å²) in [5.41, 5.74) is 6.40. The van der Waals surface area contributed by atoms with E-state index >= 15 is 0 Å². The van der Waals surface area contributed by atoms with Crippen molar-refractivity contribution in [3.05, 3.63) is 0 Å². The zero-order valence-electron chi connectivity index (χ0n) is 10.1. The van der Waals surface area contributed by atoms with Gasteiger partial charge in [0.2, 0.25) is 0 Å². The van der Waals surface area contributed by atoms with Gasteiger partial charge in [0, 0.05) is 12.6 Å². The summed E-state index contributed by atoms with van der Waals surface area (Å²) in [5, 5.41) is 0. The second-order valence-corrected chi connectivity index (χ2v) is 5.88. The first-order valence-electron chi connectivity index (χ1n) is 6.50. The molecule has 2 nitrogen and oxygen atoms in total. The highest BCUT2D eigenvalue weighted by Crippen LogP contribution is 2.37. The lowest BCUT2D eigenvalue weighted by molar-refractivity contribution is 0.141. The Morgan fingerprint density at radius 3 is 2.27 bits per heavy atom. The van der Waals surface area contributed by atoms with Crippen molar-refractivity contribution in [2.45, 2.75) is 45.6 Å². The molecule has 1 heterocycles. The normalized spacial score (nSPS) is 44.2. The third kappa shape index (κ3) is 2.73. The summed E-state index contributed by atoms with van der Waals surface area (Å²) in [6.45, 7) is 6.58. The van der Waals surface area contributed by atoms with E-state index in [1.807, 2.05) is 0 Å². The van der Waals surface area contributed by atoms with Gasteiger partial charge in [-0.15, -0.1) is 0 Å². The van der Waals surface area contributed by atoms with Crippen molar-refractivity contribution in [3.63, 3.8) is 0 Å².